The lowest BCUT2D eigenvalue weighted by molar-refractivity contribution is 0.642. The molecule has 0 saturated carbocycles. The highest BCUT2D eigenvalue weighted by Crippen LogP contribution is 2.26. The standard InChI is InChI=1S/C17H20ClN/c1-13-4-3-5-15(12-13)6-7-17(18)14(2)16-8-10-19-11-9-16/h3-5,8-12,14,17H,6-7H2,1-2H3. The van der Waals surface area contributed by atoms with Crippen molar-refractivity contribution in [1.29, 1.82) is 0 Å². The van der Waals surface area contributed by atoms with Crippen LogP contribution >= 0.6 is 11.6 Å². The van der Waals surface area contributed by atoms with Crippen LogP contribution < -0.4 is 0 Å². The average molecular weight is 274 g/mol. The Labute approximate surface area is 120 Å². The van der Waals surface area contributed by atoms with Gasteiger partial charge < -0.3 is 0 Å². The number of alkyl halides is 1. The highest BCUT2D eigenvalue weighted by Gasteiger charge is 2.16. The van der Waals surface area contributed by atoms with Gasteiger partial charge in [0.1, 0.15) is 0 Å². The first-order valence-corrected chi connectivity index (χ1v) is 7.20. The van der Waals surface area contributed by atoms with E-state index in [0.717, 1.165) is 12.8 Å². The smallest absolute Gasteiger partial charge is 0.0405 e. The Balaban J connectivity index is 1.92. The van der Waals surface area contributed by atoms with Crippen molar-refractivity contribution in [3.8, 4) is 0 Å². The molecule has 0 fully saturated rings. The molecule has 19 heavy (non-hydrogen) atoms. The van der Waals surface area contributed by atoms with E-state index in [1.54, 1.807) is 0 Å². The fourth-order valence-electron chi connectivity index (χ4n) is 2.30. The minimum Gasteiger partial charge on any atom is -0.265 e. The van der Waals surface area contributed by atoms with Gasteiger partial charge in [0.05, 0.1) is 0 Å². The zero-order valence-electron chi connectivity index (χ0n) is 11.5. The molecule has 0 bridgehead atoms. The van der Waals surface area contributed by atoms with Gasteiger partial charge in [-0.05, 0) is 48.9 Å². The summed E-state index contributed by atoms with van der Waals surface area (Å²) in [6, 6.07) is 12.7. The van der Waals surface area contributed by atoms with Gasteiger partial charge in [-0.25, -0.2) is 0 Å². The third-order valence-electron chi connectivity index (χ3n) is 3.57. The molecule has 2 unspecified atom stereocenters. The molecule has 1 aromatic carbocycles. The number of benzene rings is 1. The monoisotopic (exact) mass is 273 g/mol. The first-order valence-electron chi connectivity index (χ1n) is 6.76. The maximum atomic E-state index is 6.54. The molecule has 0 amide bonds. The van der Waals surface area contributed by atoms with Gasteiger partial charge in [-0.2, -0.15) is 0 Å². The van der Waals surface area contributed by atoms with Gasteiger partial charge in [-0.1, -0.05) is 36.8 Å². The van der Waals surface area contributed by atoms with Crippen molar-refractivity contribution in [2.75, 3.05) is 0 Å². The lowest BCUT2D eigenvalue weighted by atomic mass is 9.94. The molecule has 2 heteroatoms. The highest BCUT2D eigenvalue weighted by atomic mass is 35.5. The summed E-state index contributed by atoms with van der Waals surface area (Å²) in [5.74, 6) is 0.356. The Morgan fingerprint density at radius 1 is 1.16 bits per heavy atom. The summed E-state index contributed by atoms with van der Waals surface area (Å²) in [6.45, 7) is 4.31. The lowest BCUT2D eigenvalue weighted by Gasteiger charge is -2.18. The molecule has 1 heterocycles. The van der Waals surface area contributed by atoms with E-state index in [2.05, 4.69) is 43.1 Å². The zero-order chi connectivity index (χ0) is 13.7. The molecular weight excluding hydrogens is 254 g/mol. The van der Waals surface area contributed by atoms with Crippen LogP contribution in [0.2, 0.25) is 0 Å². The van der Waals surface area contributed by atoms with E-state index in [9.17, 15) is 0 Å². The summed E-state index contributed by atoms with van der Waals surface area (Å²) < 4.78 is 0. The summed E-state index contributed by atoms with van der Waals surface area (Å²) in [6.07, 6.45) is 5.69. The van der Waals surface area contributed by atoms with Gasteiger partial charge >= 0.3 is 0 Å². The Morgan fingerprint density at radius 3 is 2.58 bits per heavy atom. The molecule has 1 nitrogen and oxygen atoms in total. The lowest BCUT2D eigenvalue weighted by Crippen LogP contribution is -2.11. The Kier molecular flexibility index (Phi) is 4.98. The molecule has 2 rings (SSSR count). The third kappa shape index (κ3) is 4.07. The van der Waals surface area contributed by atoms with Crippen LogP contribution in [-0.4, -0.2) is 10.4 Å². The van der Waals surface area contributed by atoms with E-state index in [1.807, 2.05) is 24.5 Å². The van der Waals surface area contributed by atoms with E-state index in [0.29, 0.717) is 5.92 Å². The second kappa shape index (κ2) is 6.72. The third-order valence-corrected chi connectivity index (χ3v) is 4.16. The molecule has 0 saturated heterocycles. The van der Waals surface area contributed by atoms with E-state index >= 15 is 0 Å². The van der Waals surface area contributed by atoms with Gasteiger partial charge in [0, 0.05) is 17.8 Å². The number of nitrogens with zero attached hydrogens (tertiary/aromatic N) is 1. The van der Waals surface area contributed by atoms with E-state index in [4.69, 9.17) is 11.6 Å². The summed E-state index contributed by atoms with van der Waals surface area (Å²) in [7, 11) is 0. The van der Waals surface area contributed by atoms with Crippen LogP contribution in [0, 0.1) is 6.92 Å². The van der Waals surface area contributed by atoms with Gasteiger partial charge in [-0.3, -0.25) is 4.98 Å². The van der Waals surface area contributed by atoms with E-state index < -0.39 is 0 Å². The summed E-state index contributed by atoms with van der Waals surface area (Å²) in [4.78, 5) is 4.05. The zero-order valence-corrected chi connectivity index (χ0v) is 12.3. The molecule has 2 atom stereocenters. The Hall–Kier alpha value is -1.34. The molecule has 0 aliphatic rings. The van der Waals surface area contributed by atoms with Crippen LogP contribution in [-0.2, 0) is 6.42 Å². The van der Waals surface area contributed by atoms with E-state index in [1.165, 1.54) is 16.7 Å². The van der Waals surface area contributed by atoms with Crippen molar-refractivity contribution >= 4 is 11.6 Å². The normalized spacial score (nSPS) is 14.1. The van der Waals surface area contributed by atoms with Crippen LogP contribution in [0.4, 0.5) is 0 Å². The second-order valence-electron chi connectivity index (χ2n) is 5.11. The van der Waals surface area contributed by atoms with Crippen LogP contribution in [0.25, 0.3) is 0 Å². The number of aryl methyl sites for hydroxylation is 2. The fourth-order valence-corrected chi connectivity index (χ4v) is 2.55. The van der Waals surface area contributed by atoms with Gasteiger partial charge in [0.15, 0.2) is 0 Å². The Morgan fingerprint density at radius 2 is 1.89 bits per heavy atom. The van der Waals surface area contributed by atoms with Crippen molar-refractivity contribution in [2.45, 2.75) is 38.0 Å². The molecule has 2 aromatic rings. The van der Waals surface area contributed by atoms with Crippen molar-refractivity contribution in [2.24, 2.45) is 0 Å². The fraction of sp³-hybridized carbons (Fsp3) is 0.353. The second-order valence-corrected chi connectivity index (χ2v) is 5.67. The number of rotatable bonds is 5. The van der Waals surface area contributed by atoms with Crippen LogP contribution in [0.1, 0.15) is 36.0 Å². The van der Waals surface area contributed by atoms with Crippen molar-refractivity contribution in [3.05, 3.63) is 65.5 Å². The summed E-state index contributed by atoms with van der Waals surface area (Å²) >= 11 is 6.54. The van der Waals surface area contributed by atoms with E-state index in [-0.39, 0.29) is 5.38 Å². The van der Waals surface area contributed by atoms with Crippen molar-refractivity contribution < 1.29 is 0 Å². The van der Waals surface area contributed by atoms with Crippen molar-refractivity contribution in [1.82, 2.24) is 4.98 Å². The largest absolute Gasteiger partial charge is 0.265 e. The molecule has 0 aliphatic heterocycles. The molecule has 0 N–H and O–H groups in total. The van der Waals surface area contributed by atoms with Gasteiger partial charge in [-0.15, -0.1) is 11.6 Å². The predicted molar refractivity (Wildman–Crippen MR) is 81.8 cm³/mol. The highest BCUT2D eigenvalue weighted by molar-refractivity contribution is 6.21. The predicted octanol–water partition coefficient (Wildman–Crippen LogP) is 4.73. The van der Waals surface area contributed by atoms with Crippen molar-refractivity contribution in [3.63, 3.8) is 0 Å². The Bertz CT molecular complexity index is 510. The number of aromatic nitrogens is 1. The molecule has 0 aliphatic carbocycles. The van der Waals surface area contributed by atoms with Gasteiger partial charge in [0.2, 0.25) is 0 Å². The maximum Gasteiger partial charge on any atom is 0.0405 e. The maximum absolute atomic E-state index is 6.54. The summed E-state index contributed by atoms with van der Waals surface area (Å²) in [5, 5.41) is 0.155. The number of halogens is 1. The molecule has 0 radical (unpaired) electrons. The molecular formula is C17H20ClN. The van der Waals surface area contributed by atoms with Crippen LogP contribution in [0.3, 0.4) is 0 Å². The van der Waals surface area contributed by atoms with Crippen LogP contribution in [0.15, 0.2) is 48.8 Å². The SMILES string of the molecule is Cc1cccc(CCC(Cl)C(C)c2ccncc2)c1. The minimum atomic E-state index is 0.155. The number of pyridine rings is 1. The quantitative estimate of drug-likeness (QED) is 0.718. The first kappa shape index (κ1) is 14.1. The molecule has 1 aromatic heterocycles. The molecule has 100 valence electrons. The number of hydrogen-bond donors (Lipinski definition) is 0. The van der Waals surface area contributed by atoms with Gasteiger partial charge in [0.25, 0.3) is 0 Å². The number of hydrogen-bond acceptors (Lipinski definition) is 1. The average Bonchev–Trinajstić information content (AvgIpc) is 2.45. The minimum absolute atomic E-state index is 0.155. The molecule has 0 spiro atoms. The summed E-state index contributed by atoms with van der Waals surface area (Å²) in [5.41, 5.74) is 3.94. The first-order chi connectivity index (χ1) is 9.16. The topological polar surface area (TPSA) is 12.9 Å². The van der Waals surface area contributed by atoms with Crippen LogP contribution in [0.5, 0.6) is 0 Å².